The SMILES string of the molecule is N#C/C(=C\c1cc(Br)c(OCc2ccc(Cl)cc2Cl)c(Br)c1)C(=O)Nc1cccc(C(F)(F)F)c1. The number of benzene rings is 3. The minimum absolute atomic E-state index is 0.0852. The van der Waals surface area contributed by atoms with Gasteiger partial charge < -0.3 is 10.1 Å². The molecule has 4 nitrogen and oxygen atoms in total. The topological polar surface area (TPSA) is 62.1 Å². The molecule has 0 atom stereocenters. The number of anilines is 1. The summed E-state index contributed by atoms with van der Waals surface area (Å²) in [5, 5.41) is 12.7. The van der Waals surface area contributed by atoms with Crippen molar-refractivity contribution in [1.29, 1.82) is 5.26 Å². The highest BCUT2D eigenvalue weighted by molar-refractivity contribution is 9.11. The highest BCUT2D eigenvalue weighted by atomic mass is 79.9. The number of hydrogen-bond donors (Lipinski definition) is 1. The molecule has 0 unspecified atom stereocenters. The summed E-state index contributed by atoms with van der Waals surface area (Å²) < 4.78 is 45.6. The van der Waals surface area contributed by atoms with E-state index in [0.717, 1.165) is 17.7 Å². The maximum absolute atomic E-state index is 12.9. The predicted octanol–water partition coefficient (Wildman–Crippen LogP) is 8.66. The first-order valence-electron chi connectivity index (χ1n) is 9.64. The average Bonchev–Trinajstić information content (AvgIpc) is 2.77. The fraction of sp³-hybridized carbons (Fsp3) is 0.0833. The van der Waals surface area contributed by atoms with Gasteiger partial charge in [-0.1, -0.05) is 35.3 Å². The molecule has 3 aromatic rings. The normalized spacial score (nSPS) is 11.7. The Morgan fingerprint density at radius 3 is 2.37 bits per heavy atom. The van der Waals surface area contributed by atoms with Crippen LogP contribution in [0.3, 0.4) is 0 Å². The van der Waals surface area contributed by atoms with E-state index in [2.05, 4.69) is 37.2 Å². The van der Waals surface area contributed by atoms with E-state index in [4.69, 9.17) is 27.9 Å². The number of amides is 1. The number of hydrogen-bond acceptors (Lipinski definition) is 3. The third-order valence-electron chi connectivity index (χ3n) is 4.53. The summed E-state index contributed by atoms with van der Waals surface area (Å²) in [5.74, 6) is -0.392. The van der Waals surface area contributed by atoms with Crippen molar-refractivity contribution in [3.63, 3.8) is 0 Å². The van der Waals surface area contributed by atoms with Gasteiger partial charge in [0.2, 0.25) is 0 Å². The zero-order chi connectivity index (χ0) is 25.8. The van der Waals surface area contributed by atoms with Crippen molar-refractivity contribution in [3.05, 3.63) is 95.9 Å². The number of carbonyl (C=O) groups excluding carboxylic acids is 1. The predicted molar refractivity (Wildman–Crippen MR) is 136 cm³/mol. The molecular weight excluding hydrogens is 636 g/mol. The third kappa shape index (κ3) is 7.24. The number of halogens is 7. The van der Waals surface area contributed by atoms with Crippen molar-refractivity contribution in [3.8, 4) is 11.8 Å². The molecule has 0 radical (unpaired) electrons. The quantitative estimate of drug-likeness (QED) is 0.215. The average molecular weight is 649 g/mol. The molecule has 0 saturated heterocycles. The van der Waals surface area contributed by atoms with E-state index in [1.54, 1.807) is 36.4 Å². The molecule has 1 amide bonds. The number of nitriles is 1. The molecule has 0 aliphatic heterocycles. The highest BCUT2D eigenvalue weighted by Gasteiger charge is 2.30. The molecule has 0 aliphatic carbocycles. The summed E-state index contributed by atoms with van der Waals surface area (Å²) in [4.78, 5) is 12.5. The van der Waals surface area contributed by atoms with Gasteiger partial charge in [0.15, 0.2) is 0 Å². The van der Waals surface area contributed by atoms with E-state index in [9.17, 15) is 23.2 Å². The van der Waals surface area contributed by atoms with Crippen molar-refractivity contribution in [1.82, 2.24) is 0 Å². The lowest BCUT2D eigenvalue weighted by molar-refractivity contribution is -0.137. The van der Waals surface area contributed by atoms with Crippen LogP contribution in [0.5, 0.6) is 5.75 Å². The van der Waals surface area contributed by atoms with Crippen molar-refractivity contribution >= 4 is 72.7 Å². The summed E-state index contributed by atoms with van der Waals surface area (Å²) >= 11 is 18.9. The summed E-state index contributed by atoms with van der Waals surface area (Å²) in [7, 11) is 0. The lowest BCUT2D eigenvalue weighted by atomic mass is 10.1. The Morgan fingerprint density at radius 1 is 1.09 bits per heavy atom. The molecule has 0 aromatic heterocycles. The fourth-order valence-electron chi connectivity index (χ4n) is 2.88. The third-order valence-corrected chi connectivity index (χ3v) is 6.30. The van der Waals surface area contributed by atoms with Crippen LogP contribution in [0.25, 0.3) is 6.08 Å². The molecular formula is C24H13Br2Cl2F3N2O2. The molecule has 11 heteroatoms. The van der Waals surface area contributed by atoms with Crippen molar-refractivity contribution < 1.29 is 22.7 Å². The van der Waals surface area contributed by atoms with Crippen LogP contribution in [0, 0.1) is 11.3 Å². The van der Waals surface area contributed by atoms with Gasteiger partial charge in [0.1, 0.15) is 24.0 Å². The van der Waals surface area contributed by atoms with Gasteiger partial charge in [-0.15, -0.1) is 0 Å². The molecule has 35 heavy (non-hydrogen) atoms. The second-order valence-corrected chi connectivity index (χ2v) is 9.59. The minimum Gasteiger partial charge on any atom is -0.486 e. The Labute approximate surface area is 225 Å². The maximum atomic E-state index is 12.9. The summed E-state index contributed by atoms with van der Waals surface area (Å²) in [6, 6.07) is 14.2. The highest BCUT2D eigenvalue weighted by Crippen LogP contribution is 2.37. The van der Waals surface area contributed by atoms with Gasteiger partial charge >= 0.3 is 6.18 Å². The smallest absolute Gasteiger partial charge is 0.416 e. The molecule has 3 rings (SSSR count). The minimum atomic E-state index is -4.56. The molecule has 0 aliphatic rings. The molecule has 0 spiro atoms. The van der Waals surface area contributed by atoms with Crippen LogP contribution in [0.1, 0.15) is 16.7 Å². The van der Waals surface area contributed by atoms with Crippen molar-refractivity contribution in [2.45, 2.75) is 12.8 Å². The zero-order valence-corrected chi connectivity index (χ0v) is 22.1. The van der Waals surface area contributed by atoms with Crippen molar-refractivity contribution in [2.24, 2.45) is 0 Å². The molecule has 0 saturated carbocycles. The molecule has 180 valence electrons. The number of nitrogens with one attached hydrogen (secondary N) is 1. The molecule has 0 fully saturated rings. The molecule has 0 bridgehead atoms. The van der Waals surface area contributed by atoms with Crippen LogP contribution in [0.2, 0.25) is 10.0 Å². The van der Waals surface area contributed by atoms with Crippen LogP contribution < -0.4 is 10.1 Å². The van der Waals surface area contributed by atoms with Gasteiger partial charge in [-0.3, -0.25) is 4.79 Å². The largest absolute Gasteiger partial charge is 0.486 e. The Morgan fingerprint density at radius 2 is 1.77 bits per heavy atom. The standard InChI is InChI=1S/C24H13Br2Cl2F3N2O2/c25-19-7-13(8-20(26)22(19)35-12-14-4-5-17(27)10-21(14)28)6-15(11-32)23(34)33-18-3-1-2-16(9-18)24(29,30)31/h1-10H,12H2,(H,33,34)/b15-6+. The molecule has 0 heterocycles. The number of ether oxygens (including phenoxy) is 1. The Bertz CT molecular complexity index is 1330. The van der Waals surface area contributed by atoms with Crippen LogP contribution in [0.4, 0.5) is 18.9 Å². The Hall–Kier alpha value is -2.51. The molecule has 1 N–H and O–H groups in total. The summed E-state index contributed by atoms with van der Waals surface area (Å²) in [6.45, 7) is 0.158. The second-order valence-electron chi connectivity index (χ2n) is 7.04. The van der Waals surface area contributed by atoms with Crippen LogP contribution in [0.15, 0.2) is 69.1 Å². The Kier molecular flexibility index (Phi) is 8.89. The van der Waals surface area contributed by atoms with Crippen LogP contribution in [-0.2, 0) is 17.6 Å². The van der Waals surface area contributed by atoms with Gasteiger partial charge in [0.05, 0.1) is 14.5 Å². The van der Waals surface area contributed by atoms with Gasteiger partial charge in [0, 0.05) is 21.3 Å². The van der Waals surface area contributed by atoms with E-state index < -0.39 is 17.6 Å². The van der Waals surface area contributed by atoms with Crippen LogP contribution >= 0.6 is 55.1 Å². The maximum Gasteiger partial charge on any atom is 0.416 e. The zero-order valence-electron chi connectivity index (χ0n) is 17.4. The lowest BCUT2D eigenvalue weighted by Gasteiger charge is -2.13. The van der Waals surface area contributed by atoms with Gasteiger partial charge in [-0.05, 0) is 86.0 Å². The van der Waals surface area contributed by atoms with E-state index in [1.807, 2.05) is 0 Å². The van der Waals surface area contributed by atoms with Crippen LogP contribution in [-0.4, -0.2) is 5.91 Å². The fourth-order valence-corrected chi connectivity index (χ4v) is 4.79. The number of nitrogens with zero attached hydrogens (tertiary/aromatic N) is 1. The van der Waals surface area contributed by atoms with Crippen molar-refractivity contribution in [2.75, 3.05) is 5.32 Å². The van der Waals surface area contributed by atoms with E-state index >= 15 is 0 Å². The molecule has 3 aromatic carbocycles. The first-order chi connectivity index (χ1) is 16.5. The van der Waals surface area contributed by atoms with E-state index in [1.165, 1.54) is 18.2 Å². The first-order valence-corrected chi connectivity index (χ1v) is 12.0. The lowest BCUT2D eigenvalue weighted by Crippen LogP contribution is -2.14. The Balaban J connectivity index is 1.78. The van der Waals surface area contributed by atoms with E-state index in [0.29, 0.717) is 30.3 Å². The number of alkyl halides is 3. The van der Waals surface area contributed by atoms with E-state index in [-0.39, 0.29) is 17.9 Å². The summed E-state index contributed by atoms with van der Waals surface area (Å²) in [6.07, 6.45) is -3.26. The second kappa shape index (κ2) is 11.5. The van der Waals surface area contributed by atoms with Gasteiger partial charge in [-0.25, -0.2) is 0 Å². The number of rotatable bonds is 6. The number of carbonyl (C=O) groups is 1. The summed E-state index contributed by atoms with van der Waals surface area (Å²) in [5.41, 5.74) is -0.116. The first kappa shape index (κ1) is 27.1. The monoisotopic (exact) mass is 646 g/mol. The van der Waals surface area contributed by atoms with Gasteiger partial charge in [0.25, 0.3) is 5.91 Å². The van der Waals surface area contributed by atoms with Gasteiger partial charge in [-0.2, -0.15) is 18.4 Å².